The molecule has 0 radical (unpaired) electrons. The van der Waals surface area contributed by atoms with Gasteiger partial charge in [0.15, 0.2) is 6.29 Å². The Morgan fingerprint density at radius 2 is 2.18 bits per heavy atom. The summed E-state index contributed by atoms with van der Waals surface area (Å²) in [6.45, 7) is 3.57. The number of benzene rings is 1. The van der Waals surface area contributed by atoms with Gasteiger partial charge in [0.2, 0.25) is 0 Å². The second-order valence-electron chi connectivity index (χ2n) is 2.53. The molecule has 1 aromatic carbocycles. The summed E-state index contributed by atoms with van der Waals surface area (Å²) in [6, 6.07) is 7.58. The zero-order valence-corrected chi connectivity index (χ0v) is 6.74. The van der Waals surface area contributed by atoms with Crippen LogP contribution in [0.1, 0.15) is 12.5 Å². The van der Waals surface area contributed by atoms with Gasteiger partial charge in [-0.15, -0.1) is 0 Å². The number of aliphatic hydroxyl groups is 1. The van der Waals surface area contributed by atoms with Gasteiger partial charge in [-0.05, 0) is 31.5 Å². The van der Waals surface area contributed by atoms with Crippen molar-refractivity contribution in [3.63, 3.8) is 0 Å². The van der Waals surface area contributed by atoms with Crippen molar-refractivity contribution in [2.24, 2.45) is 0 Å². The predicted octanol–water partition coefficient (Wildman–Crippen LogP) is 1.71. The highest BCUT2D eigenvalue weighted by Gasteiger charge is 1.96. The Labute approximate surface area is 66.4 Å². The molecule has 0 aliphatic rings. The Morgan fingerprint density at radius 1 is 1.45 bits per heavy atom. The van der Waals surface area contributed by atoms with Gasteiger partial charge in [-0.25, -0.2) is 0 Å². The van der Waals surface area contributed by atoms with Gasteiger partial charge in [-0.2, -0.15) is 0 Å². The van der Waals surface area contributed by atoms with Crippen LogP contribution in [0.2, 0.25) is 0 Å². The molecule has 0 amide bonds. The average molecular weight is 152 g/mol. The fraction of sp³-hybridized carbons (Fsp3) is 0.333. The van der Waals surface area contributed by atoms with Crippen molar-refractivity contribution >= 4 is 0 Å². The van der Waals surface area contributed by atoms with Gasteiger partial charge in [0.05, 0.1) is 0 Å². The van der Waals surface area contributed by atoms with Crippen molar-refractivity contribution in [1.82, 2.24) is 0 Å². The summed E-state index contributed by atoms with van der Waals surface area (Å²) in [4.78, 5) is 0. The molecule has 0 aliphatic carbocycles. The van der Waals surface area contributed by atoms with Gasteiger partial charge < -0.3 is 9.84 Å². The molecule has 60 valence electrons. The van der Waals surface area contributed by atoms with E-state index >= 15 is 0 Å². The van der Waals surface area contributed by atoms with Gasteiger partial charge in [0.1, 0.15) is 5.75 Å². The average Bonchev–Trinajstić information content (AvgIpc) is 1.85. The lowest BCUT2D eigenvalue weighted by Gasteiger charge is -2.08. The van der Waals surface area contributed by atoms with Crippen LogP contribution in [0.3, 0.4) is 0 Å². The van der Waals surface area contributed by atoms with E-state index in [0.29, 0.717) is 5.75 Å². The Kier molecular flexibility index (Phi) is 2.49. The van der Waals surface area contributed by atoms with E-state index in [1.807, 2.05) is 31.2 Å². The minimum Gasteiger partial charge on any atom is -0.465 e. The van der Waals surface area contributed by atoms with Crippen molar-refractivity contribution in [2.75, 3.05) is 0 Å². The second-order valence-corrected chi connectivity index (χ2v) is 2.53. The number of aryl methyl sites for hydroxylation is 1. The van der Waals surface area contributed by atoms with E-state index in [4.69, 9.17) is 9.84 Å². The number of rotatable bonds is 2. The van der Waals surface area contributed by atoms with Gasteiger partial charge in [0.25, 0.3) is 0 Å². The third-order valence-corrected chi connectivity index (χ3v) is 1.30. The molecular weight excluding hydrogens is 140 g/mol. The van der Waals surface area contributed by atoms with Crippen molar-refractivity contribution in [3.8, 4) is 5.75 Å². The first kappa shape index (κ1) is 8.08. The maximum Gasteiger partial charge on any atom is 0.194 e. The summed E-state index contributed by atoms with van der Waals surface area (Å²) in [5, 5.41) is 8.87. The van der Waals surface area contributed by atoms with Crippen LogP contribution in [-0.4, -0.2) is 11.4 Å². The highest BCUT2D eigenvalue weighted by molar-refractivity contribution is 5.27. The molecule has 0 aliphatic heterocycles. The first-order valence-electron chi connectivity index (χ1n) is 3.60. The van der Waals surface area contributed by atoms with Crippen molar-refractivity contribution < 1.29 is 9.84 Å². The molecule has 1 N–H and O–H groups in total. The highest BCUT2D eigenvalue weighted by atomic mass is 16.6. The molecule has 0 bridgehead atoms. The van der Waals surface area contributed by atoms with Crippen LogP contribution in [-0.2, 0) is 0 Å². The van der Waals surface area contributed by atoms with Gasteiger partial charge in [-0.3, -0.25) is 0 Å². The predicted molar refractivity (Wildman–Crippen MR) is 43.5 cm³/mol. The normalized spacial score (nSPS) is 12.6. The standard InChI is InChI=1S/C9H12O2/c1-7-4-3-5-9(6-7)11-8(2)10/h3-6,8,10H,1-2H3/t8-/m1/s1. The SMILES string of the molecule is Cc1cccc(O[C@H](C)O)c1. The highest BCUT2D eigenvalue weighted by Crippen LogP contribution is 2.12. The van der Waals surface area contributed by atoms with Gasteiger partial charge in [0, 0.05) is 0 Å². The molecule has 0 heterocycles. The van der Waals surface area contributed by atoms with Crippen molar-refractivity contribution in [1.29, 1.82) is 0 Å². The zero-order valence-electron chi connectivity index (χ0n) is 6.74. The molecule has 1 rings (SSSR count). The Bertz CT molecular complexity index is 231. The molecule has 1 aromatic rings. The fourth-order valence-corrected chi connectivity index (χ4v) is 0.886. The minimum absolute atomic E-state index is 0.708. The maximum atomic E-state index is 8.87. The summed E-state index contributed by atoms with van der Waals surface area (Å²) in [5.74, 6) is 0.708. The zero-order chi connectivity index (χ0) is 8.27. The molecule has 0 fully saturated rings. The summed E-state index contributed by atoms with van der Waals surface area (Å²) >= 11 is 0. The third kappa shape index (κ3) is 2.60. The Balaban J connectivity index is 2.71. The molecule has 2 heteroatoms. The molecule has 0 spiro atoms. The van der Waals surface area contributed by atoms with E-state index in [-0.39, 0.29) is 0 Å². The van der Waals surface area contributed by atoms with Crippen LogP contribution in [0.4, 0.5) is 0 Å². The van der Waals surface area contributed by atoms with Crippen molar-refractivity contribution in [2.45, 2.75) is 20.1 Å². The van der Waals surface area contributed by atoms with E-state index in [1.54, 1.807) is 6.92 Å². The number of aliphatic hydroxyl groups excluding tert-OH is 1. The van der Waals surface area contributed by atoms with E-state index in [9.17, 15) is 0 Å². The molecule has 0 saturated carbocycles. The monoisotopic (exact) mass is 152 g/mol. The lowest BCUT2D eigenvalue weighted by molar-refractivity contribution is -0.000317. The van der Waals surface area contributed by atoms with Crippen LogP contribution < -0.4 is 4.74 Å². The summed E-state index contributed by atoms with van der Waals surface area (Å²) in [7, 11) is 0. The van der Waals surface area contributed by atoms with E-state index in [0.717, 1.165) is 5.56 Å². The molecular formula is C9H12O2. The molecule has 0 unspecified atom stereocenters. The molecule has 0 aromatic heterocycles. The fourth-order valence-electron chi connectivity index (χ4n) is 0.886. The summed E-state index contributed by atoms with van der Waals surface area (Å²) in [5.41, 5.74) is 1.13. The van der Waals surface area contributed by atoms with Gasteiger partial charge in [-0.1, -0.05) is 12.1 Å². The maximum absolute atomic E-state index is 8.87. The van der Waals surface area contributed by atoms with Crippen molar-refractivity contribution in [3.05, 3.63) is 29.8 Å². The Morgan fingerprint density at radius 3 is 2.73 bits per heavy atom. The van der Waals surface area contributed by atoms with Crippen LogP contribution in [0.15, 0.2) is 24.3 Å². The largest absolute Gasteiger partial charge is 0.465 e. The summed E-state index contributed by atoms with van der Waals surface area (Å²) < 4.78 is 5.05. The molecule has 0 saturated heterocycles. The van der Waals surface area contributed by atoms with E-state index < -0.39 is 6.29 Å². The third-order valence-electron chi connectivity index (χ3n) is 1.30. The van der Waals surface area contributed by atoms with Gasteiger partial charge >= 0.3 is 0 Å². The lowest BCUT2D eigenvalue weighted by atomic mass is 10.2. The first-order valence-corrected chi connectivity index (χ1v) is 3.60. The summed E-state index contributed by atoms with van der Waals surface area (Å²) in [6.07, 6.45) is -0.739. The molecule has 11 heavy (non-hydrogen) atoms. The molecule has 2 nitrogen and oxygen atoms in total. The Hall–Kier alpha value is -1.02. The lowest BCUT2D eigenvalue weighted by Crippen LogP contribution is -2.09. The van der Waals surface area contributed by atoms with Crippen LogP contribution in [0, 0.1) is 6.92 Å². The van der Waals surface area contributed by atoms with Crippen LogP contribution >= 0.6 is 0 Å². The minimum atomic E-state index is -0.739. The number of hydrogen-bond donors (Lipinski definition) is 1. The first-order chi connectivity index (χ1) is 5.18. The van der Waals surface area contributed by atoms with E-state index in [2.05, 4.69) is 0 Å². The van der Waals surface area contributed by atoms with Crippen LogP contribution in [0.5, 0.6) is 5.75 Å². The van der Waals surface area contributed by atoms with E-state index in [1.165, 1.54) is 0 Å². The van der Waals surface area contributed by atoms with Crippen LogP contribution in [0.25, 0.3) is 0 Å². The second kappa shape index (κ2) is 3.39. The number of ether oxygens (including phenoxy) is 1. The topological polar surface area (TPSA) is 29.5 Å². The smallest absolute Gasteiger partial charge is 0.194 e. The molecule has 1 atom stereocenters. The quantitative estimate of drug-likeness (QED) is 0.654. The number of hydrogen-bond acceptors (Lipinski definition) is 2.